The molecule has 0 amide bonds. The van der Waals surface area contributed by atoms with Gasteiger partial charge in [-0.25, -0.2) is 0 Å². The molecule has 0 spiro atoms. The smallest absolute Gasteiger partial charge is 0.134 e. The Balaban J connectivity index is 2.47. The number of methoxy groups -OCH3 is 1. The molecular formula is C16H29NOS. The summed E-state index contributed by atoms with van der Waals surface area (Å²) in [5.74, 6) is 1.05. The van der Waals surface area contributed by atoms with Crippen molar-refractivity contribution >= 4 is 11.3 Å². The standard InChI is InChI=1S/C16H29NOS/c1-4-6-7-8-9-10-14(17-12-5-2)16-15(18-3)11-13-19-16/h11,13-14,17H,4-10,12H2,1-3H3. The first-order chi connectivity index (χ1) is 9.33. The highest BCUT2D eigenvalue weighted by Gasteiger charge is 2.16. The summed E-state index contributed by atoms with van der Waals surface area (Å²) < 4.78 is 5.46. The van der Waals surface area contributed by atoms with Gasteiger partial charge in [-0.1, -0.05) is 46.0 Å². The van der Waals surface area contributed by atoms with E-state index in [4.69, 9.17) is 4.74 Å². The average Bonchev–Trinajstić information content (AvgIpc) is 2.90. The number of ether oxygens (including phenoxy) is 1. The third-order valence-corrected chi connectivity index (χ3v) is 4.44. The minimum absolute atomic E-state index is 0.469. The van der Waals surface area contributed by atoms with E-state index >= 15 is 0 Å². The number of rotatable bonds is 11. The normalized spacial score (nSPS) is 12.6. The summed E-state index contributed by atoms with van der Waals surface area (Å²) in [6.45, 7) is 5.57. The van der Waals surface area contributed by atoms with Gasteiger partial charge in [-0.05, 0) is 30.8 Å². The molecule has 1 atom stereocenters. The van der Waals surface area contributed by atoms with E-state index in [-0.39, 0.29) is 0 Å². The summed E-state index contributed by atoms with van der Waals surface area (Å²) in [7, 11) is 1.77. The molecule has 0 bridgehead atoms. The predicted octanol–water partition coefficient (Wildman–Crippen LogP) is 5.16. The van der Waals surface area contributed by atoms with Gasteiger partial charge in [-0.2, -0.15) is 0 Å². The van der Waals surface area contributed by atoms with Crippen molar-refractivity contribution in [2.75, 3.05) is 13.7 Å². The van der Waals surface area contributed by atoms with Crippen molar-refractivity contribution in [1.82, 2.24) is 5.32 Å². The first-order valence-electron chi connectivity index (χ1n) is 7.68. The lowest BCUT2D eigenvalue weighted by Gasteiger charge is -2.18. The van der Waals surface area contributed by atoms with Crippen LogP contribution in [0, 0.1) is 0 Å². The van der Waals surface area contributed by atoms with E-state index in [1.807, 2.05) is 11.3 Å². The lowest BCUT2D eigenvalue weighted by atomic mass is 10.0. The Hall–Kier alpha value is -0.540. The summed E-state index contributed by atoms with van der Waals surface area (Å²) in [6, 6.07) is 2.55. The molecule has 0 aliphatic heterocycles. The van der Waals surface area contributed by atoms with E-state index in [0.29, 0.717) is 6.04 Å². The van der Waals surface area contributed by atoms with Crippen LogP contribution in [0.15, 0.2) is 11.4 Å². The molecule has 0 fully saturated rings. The highest BCUT2D eigenvalue weighted by molar-refractivity contribution is 7.10. The average molecular weight is 283 g/mol. The summed E-state index contributed by atoms with van der Waals surface area (Å²) >= 11 is 1.81. The lowest BCUT2D eigenvalue weighted by molar-refractivity contribution is 0.396. The van der Waals surface area contributed by atoms with Gasteiger partial charge in [0.1, 0.15) is 5.75 Å². The van der Waals surface area contributed by atoms with E-state index in [0.717, 1.165) is 12.3 Å². The second kappa shape index (κ2) is 10.3. The molecule has 0 aliphatic rings. The fourth-order valence-corrected chi connectivity index (χ4v) is 3.30. The number of thiophene rings is 1. The third-order valence-electron chi connectivity index (χ3n) is 3.43. The molecule has 110 valence electrons. The summed E-state index contributed by atoms with van der Waals surface area (Å²) in [4.78, 5) is 1.37. The third kappa shape index (κ3) is 5.96. The molecule has 0 aromatic carbocycles. The summed E-state index contributed by atoms with van der Waals surface area (Å²) in [5.41, 5.74) is 0. The SMILES string of the molecule is CCCCCCCC(NCCC)c1sccc1OC. The molecule has 0 saturated heterocycles. The topological polar surface area (TPSA) is 21.3 Å². The van der Waals surface area contributed by atoms with Crippen LogP contribution in [-0.4, -0.2) is 13.7 Å². The van der Waals surface area contributed by atoms with Gasteiger partial charge in [0, 0.05) is 6.04 Å². The minimum Gasteiger partial charge on any atom is -0.496 e. The molecule has 3 heteroatoms. The molecule has 1 aromatic rings. The molecule has 0 radical (unpaired) electrons. The largest absolute Gasteiger partial charge is 0.496 e. The first kappa shape index (κ1) is 16.5. The first-order valence-corrected chi connectivity index (χ1v) is 8.56. The van der Waals surface area contributed by atoms with Crippen molar-refractivity contribution in [2.24, 2.45) is 0 Å². The van der Waals surface area contributed by atoms with Crippen LogP contribution in [0.1, 0.15) is 69.7 Å². The van der Waals surface area contributed by atoms with E-state index in [1.54, 1.807) is 7.11 Å². The van der Waals surface area contributed by atoms with Crippen molar-refractivity contribution in [3.05, 3.63) is 16.3 Å². The Bertz CT molecular complexity index is 324. The minimum atomic E-state index is 0.469. The molecule has 1 rings (SSSR count). The molecule has 0 saturated carbocycles. The van der Waals surface area contributed by atoms with E-state index in [2.05, 4.69) is 30.6 Å². The van der Waals surface area contributed by atoms with Gasteiger partial charge in [-0.15, -0.1) is 11.3 Å². The van der Waals surface area contributed by atoms with Gasteiger partial charge in [0.05, 0.1) is 12.0 Å². The number of hydrogen-bond acceptors (Lipinski definition) is 3. The van der Waals surface area contributed by atoms with Crippen LogP contribution >= 0.6 is 11.3 Å². The second-order valence-corrected chi connectivity index (χ2v) is 6.01. The number of unbranched alkanes of at least 4 members (excludes halogenated alkanes) is 4. The van der Waals surface area contributed by atoms with Crippen LogP contribution in [0.4, 0.5) is 0 Å². The molecule has 1 heterocycles. The molecule has 2 nitrogen and oxygen atoms in total. The van der Waals surface area contributed by atoms with Crippen LogP contribution in [0.3, 0.4) is 0 Å². The van der Waals surface area contributed by atoms with Crippen molar-refractivity contribution < 1.29 is 4.74 Å². The Morgan fingerprint density at radius 1 is 1.16 bits per heavy atom. The summed E-state index contributed by atoms with van der Waals surface area (Å²) in [5, 5.41) is 5.80. The van der Waals surface area contributed by atoms with E-state index < -0.39 is 0 Å². The van der Waals surface area contributed by atoms with Crippen molar-refractivity contribution in [2.45, 2.75) is 64.8 Å². The van der Waals surface area contributed by atoms with Crippen LogP contribution < -0.4 is 10.1 Å². The Morgan fingerprint density at radius 3 is 2.63 bits per heavy atom. The number of nitrogens with one attached hydrogen (secondary N) is 1. The Morgan fingerprint density at radius 2 is 1.95 bits per heavy atom. The van der Waals surface area contributed by atoms with Gasteiger partial charge in [0.25, 0.3) is 0 Å². The van der Waals surface area contributed by atoms with E-state index in [9.17, 15) is 0 Å². The fraction of sp³-hybridized carbons (Fsp3) is 0.750. The van der Waals surface area contributed by atoms with Gasteiger partial charge in [-0.3, -0.25) is 0 Å². The summed E-state index contributed by atoms with van der Waals surface area (Å²) in [6.07, 6.45) is 9.12. The predicted molar refractivity (Wildman–Crippen MR) is 85.3 cm³/mol. The second-order valence-electron chi connectivity index (χ2n) is 5.06. The van der Waals surface area contributed by atoms with Gasteiger partial charge in [0.2, 0.25) is 0 Å². The van der Waals surface area contributed by atoms with Crippen molar-refractivity contribution in [3.63, 3.8) is 0 Å². The zero-order valence-corrected chi connectivity index (χ0v) is 13.5. The maximum absolute atomic E-state index is 5.46. The molecule has 1 unspecified atom stereocenters. The van der Waals surface area contributed by atoms with Crippen LogP contribution in [0.2, 0.25) is 0 Å². The van der Waals surface area contributed by atoms with Gasteiger partial charge >= 0.3 is 0 Å². The molecule has 19 heavy (non-hydrogen) atoms. The monoisotopic (exact) mass is 283 g/mol. The van der Waals surface area contributed by atoms with Crippen molar-refractivity contribution in [1.29, 1.82) is 0 Å². The van der Waals surface area contributed by atoms with Gasteiger partial charge < -0.3 is 10.1 Å². The highest BCUT2D eigenvalue weighted by atomic mass is 32.1. The van der Waals surface area contributed by atoms with Crippen LogP contribution in [0.25, 0.3) is 0 Å². The zero-order chi connectivity index (χ0) is 13.9. The van der Waals surface area contributed by atoms with E-state index in [1.165, 1.54) is 49.8 Å². The Kier molecular flexibility index (Phi) is 8.93. The molecule has 1 aromatic heterocycles. The molecule has 0 aliphatic carbocycles. The van der Waals surface area contributed by atoms with Gasteiger partial charge in [0.15, 0.2) is 0 Å². The molecule has 1 N–H and O–H groups in total. The maximum Gasteiger partial charge on any atom is 0.134 e. The Labute approximate surface area is 122 Å². The quantitative estimate of drug-likeness (QED) is 0.566. The van der Waals surface area contributed by atoms with Crippen molar-refractivity contribution in [3.8, 4) is 5.75 Å². The van der Waals surface area contributed by atoms with Crippen LogP contribution in [0.5, 0.6) is 5.75 Å². The maximum atomic E-state index is 5.46. The number of hydrogen-bond donors (Lipinski definition) is 1. The lowest BCUT2D eigenvalue weighted by Crippen LogP contribution is -2.21. The zero-order valence-electron chi connectivity index (χ0n) is 12.7. The van der Waals surface area contributed by atoms with Crippen LogP contribution in [-0.2, 0) is 0 Å². The highest BCUT2D eigenvalue weighted by Crippen LogP contribution is 2.33. The fourth-order valence-electron chi connectivity index (χ4n) is 2.33. The molecular weight excluding hydrogens is 254 g/mol.